The largest absolute Gasteiger partial charge is 0.377 e. The summed E-state index contributed by atoms with van der Waals surface area (Å²) in [5.41, 5.74) is 3.09. The smallest absolute Gasteiger partial charge is 0.0639 e. The molecule has 0 saturated carbocycles. The number of aromatic nitrogens is 1. The summed E-state index contributed by atoms with van der Waals surface area (Å²) < 4.78 is 2.32. The van der Waals surface area contributed by atoms with Crippen LogP contribution in [0.25, 0.3) is 0 Å². The highest BCUT2D eigenvalue weighted by atomic mass is 35.5. The van der Waals surface area contributed by atoms with Crippen molar-refractivity contribution in [1.29, 1.82) is 0 Å². The maximum absolute atomic E-state index is 6.48. The average Bonchev–Trinajstić information content (AvgIpc) is 3.24. The summed E-state index contributed by atoms with van der Waals surface area (Å²) in [6.07, 6.45) is 6.59. The molecular weight excluding hydrogens is 425 g/mol. The summed E-state index contributed by atoms with van der Waals surface area (Å²) in [7, 11) is 0. The van der Waals surface area contributed by atoms with Gasteiger partial charge in [-0.05, 0) is 67.8 Å². The first-order valence-corrected chi connectivity index (χ1v) is 11.0. The Morgan fingerprint density at radius 2 is 1.66 bits per heavy atom. The minimum Gasteiger partial charge on any atom is -0.377 e. The second kappa shape index (κ2) is 8.91. The lowest BCUT2D eigenvalue weighted by Crippen LogP contribution is -2.34. The molecule has 1 aliphatic heterocycles. The first-order chi connectivity index (χ1) is 14.0. The van der Waals surface area contributed by atoms with Crippen molar-refractivity contribution in [2.45, 2.75) is 31.8 Å². The van der Waals surface area contributed by atoms with Gasteiger partial charge in [-0.3, -0.25) is 0 Å². The second-order valence-electron chi connectivity index (χ2n) is 7.54. The Kier molecular flexibility index (Phi) is 6.29. The van der Waals surface area contributed by atoms with Crippen molar-refractivity contribution in [2.75, 3.05) is 23.3 Å². The fraction of sp³-hybridized carbons (Fsp3) is 0.304. The first-order valence-electron chi connectivity index (χ1n) is 9.89. The average molecular weight is 449 g/mol. The van der Waals surface area contributed by atoms with Crippen molar-refractivity contribution in [3.05, 3.63) is 81.6 Å². The maximum atomic E-state index is 6.48. The minimum atomic E-state index is 0.00648. The van der Waals surface area contributed by atoms with E-state index >= 15 is 0 Å². The van der Waals surface area contributed by atoms with Gasteiger partial charge >= 0.3 is 0 Å². The van der Waals surface area contributed by atoms with Crippen LogP contribution in [0.4, 0.5) is 11.4 Å². The zero-order chi connectivity index (χ0) is 20.4. The Balaban J connectivity index is 1.46. The van der Waals surface area contributed by atoms with Crippen LogP contribution in [0.5, 0.6) is 0 Å². The van der Waals surface area contributed by atoms with Gasteiger partial charge in [0.1, 0.15) is 0 Å². The number of nitrogens with zero attached hydrogens (tertiary/aromatic N) is 2. The van der Waals surface area contributed by atoms with Crippen LogP contribution in [0.3, 0.4) is 0 Å². The molecule has 1 saturated heterocycles. The number of nitrogens with one attached hydrogen (secondary N) is 1. The van der Waals surface area contributed by atoms with E-state index in [0.717, 1.165) is 37.2 Å². The van der Waals surface area contributed by atoms with E-state index in [2.05, 4.69) is 58.4 Å². The highest BCUT2D eigenvalue weighted by Gasteiger charge is 2.21. The number of rotatable bonds is 5. The van der Waals surface area contributed by atoms with Gasteiger partial charge in [0, 0.05) is 47.3 Å². The Morgan fingerprint density at radius 1 is 0.931 bits per heavy atom. The van der Waals surface area contributed by atoms with Gasteiger partial charge in [0.25, 0.3) is 0 Å². The van der Waals surface area contributed by atoms with E-state index in [4.69, 9.17) is 34.8 Å². The summed E-state index contributed by atoms with van der Waals surface area (Å²) in [4.78, 5) is 2.43. The predicted octanol–water partition coefficient (Wildman–Crippen LogP) is 7.46. The molecule has 0 unspecified atom stereocenters. The van der Waals surface area contributed by atoms with Crippen molar-refractivity contribution >= 4 is 46.2 Å². The zero-order valence-electron chi connectivity index (χ0n) is 16.3. The van der Waals surface area contributed by atoms with Gasteiger partial charge in [0.2, 0.25) is 0 Å². The molecule has 4 rings (SSSR count). The third-order valence-corrected chi connectivity index (χ3v) is 6.52. The lowest BCUT2D eigenvalue weighted by molar-refractivity contribution is 0.397. The fourth-order valence-electron chi connectivity index (χ4n) is 4.00. The maximum Gasteiger partial charge on any atom is 0.0639 e. The topological polar surface area (TPSA) is 20.2 Å². The third-order valence-electron chi connectivity index (χ3n) is 5.63. The third kappa shape index (κ3) is 4.69. The molecule has 2 heterocycles. The Bertz CT molecular complexity index is 964. The molecule has 0 bridgehead atoms. The van der Waals surface area contributed by atoms with Gasteiger partial charge in [-0.2, -0.15) is 0 Å². The Labute approximate surface area is 187 Å². The van der Waals surface area contributed by atoms with E-state index < -0.39 is 0 Å². The molecule has 1 atom stereocenters. The number of benzene rings is 2. The van der Waals surface area contributed by atoms with Crippen LogP contribution in [0.15, 0.2) is 60.9 Å². The van der Waals surface area contributed by atoms with Crippen LogP contribution in [-0.2, 0) is 0 Å². The van der Waals surface area contributed by atoms with Crippen LogP contribution < -0.4 is 10.2 Å². The number of hydrogen-bond donors (Lipinski definition) is 1. The van der Waals surface area contributed by atoms with Gasteiger partial charge in [0.05, 0.1) is 16.8 Å². The van der Waals surface area contributed by atoms with Crippen LogP contribution in [0.1, 0.15) is 37.4 Å². The van der Waals surface area contributed by atoms with E-state index in [9.17, 15) is 0 Å². The fourth-order valence-corrected chi connectivity index (χ4v) is 4.74. The van der Waals surface area contributed by atoms with Crippen LogP contribution >= 0.6 is 34.8 Å². The molecule has 6 heteroatoms. The lowest BCUT2D eigenvalue weighted by Gasteiger charge is -2.34. The molecule has 1 N–H and O–H groups in total. The van der Waals surface area contributed by atoms with Gasteiger partial charge in [-0.15, -0.1) is 0 Å². The second-order valence-corrected chi connectivity index (χ2v) is 8.80. The molecule has 0 aliphatic carbocycles. The number of halogens is 3. The highest BCUT2D eigenvalue weighted by Crippen LogP contribution is 2.34. The standard InChI is InChI=1S/C23H24Cl3N3/c1-16(20-6-4-17(24)14-22(20)26)27-23-15-19(5-7-21(23)25)29-12-8-18(9-13-29)28-10-2-3-11-28/h2-7,10-11,14-16,18,27H,8-9,12-13H2,1H3/t16-/m1/s1. The molecule has 0 radical (unpaired) electrons. The summed E-state index contributed by atoms with van der Waals surface area (Å²) in [5.74, 6) is 0. The van der Waals surface area contributed by atoms with Crippen molar-refractivity contribution in [2.24, 2.45) is 0 Å². The SMILES string of the molecule is C[C@@H](Nc1cc(N2CCC(n3cccc3)CC2)ccc1Cl)c1ccc(Cl)cc1Cl. The van der Waals surface area contributed by atoms with E-state index in [0.29, 0.717) is 21.1 Å². The monoisotopic (exact) mass is 447 g/mol. The first kappa shape index (κ1) is 20.5. The molecule has 152 valence electrons. The van der Waals surface area contributed by atoms with Gasteiger partial charge < -0.3 is 14.8 Å². The quantitative estimate of drug-likeness (QED) is 0.437. The van der Waals surface area contributed by atoms with E-state index in [1.807, 2.05) is 18.2 Å². The van der Waals surface area contributed by atoms with Crippen molar-refractivity contribution in [3.8, 4) is 0 Å². The van der Waals surface area contributed by atoms with Crippen molar-refractivity contribution < 1.29 is 0 Å². The number of anilines is 2. The molecule has 1 aromatic heterocycles. The van der Waals surface area contributed by atoms with E-state index in [-0.39, 0.29) is 6.04 Å². The normalized spacial score (nSPS) is 16.1. The molecule has 1 aliphatic rings. The number of hydrogen-bond acceptors (Lipinski definition) is 2. The molecule has 1 fully saturated rings. The highest BCUT2D eigenvalue weighted by molar-refractivity contribution is 6.35. The molecule has 0 amide bonds. The van der Waals surface area contributed by atoms with Crippen molar-refractivity contribution in [3.63, 3.8) is 0 Å². The number of piperidine rings is 1. The summed E-state index contributed by atoms with van der Waals surface area (Å²) in [6.45, 7) is 4.13. The molecule has 2 aromatic carbocycles. The predicted molar refractivity (Wildman–Crippen MR) is 125 cm³/mol. The van der Waals surface area contributed by atoms with Crippen LogP contribution in [-0.4, -0.2) is 17.7 Å². The summed E-state index contributed by atoms with van der Waals surface area (Å²) >= 11 is 18.9. The van der Waals surface area contributed by atoms with Crippen molar-refractivity contribution in [1.82, 2.24) is 4.57 Å². The Morgan fingerprint density at radius 3 is 2.34 bits per heavy atom. The summed E-state index contributed by atoms with van der Waals surface area (Å²) in [5, 5.41) is 5.49. The zero-order valence-corrected chi connectivity index (χ0v) is 18.6. The Hall–Kier alpha value is -1.81. The minimum absolute atomic E-state index is 0.00648. The summed E-state index contributed by atoms with van der Waals surface area (Å²) in [6, 6.07) is 16.6. The van der Waals surface area contributed by atoms with Gasteiger partial charge in [-0.1, -0.05) is 40.9 Å². The molecular formula is C23H24Cl3N3. The van der Waals surface area contributed by atoms with E-state index in [1.54, 1.807) is 6.07 Å². The van der Waals surface area contributed by atoms with E-state index in [1.165, 1.54) is 5.69 Å². The van der Waals surface area contributed by atoms with Gasteiger partial charge in [-0.25, -0.2) is 0 Å². The van der Waals surface area contributed by atoms with Crippen LogP contribution in [0.2, 0.25) is 15.1 Å². The molecule has 3 aromatic rings. The molecule has 29 heavy (non-hydrogen) atoms. The van der Waals surface area contributed by atoms with Gasteiger partial charge in [0.15, 0.2) is 0 Å². The molecule has 0 spiro atoms. The lowest BCUT2D eigenvalue weighted by atomic mass is 10.0. The molecule has 3 nitrogen and oxygen atoms in total. The van der Waals surface area contributed by atoms with Crippen LogP contribution in [0, 0.1) is 0 Å².